The molecule has 5 heteroatoms. The summed E-state index contributed by atoms with van der Waals surface area (Å²) >= 11 is 5.69. The minimum absolute atomic E-state index is 0.0362. The van der Waals surface area contributed by atoms with E-state index in [1.807, 2.05) is 0 Å². The number of carbonyl (C=O) groups is 2. The molecule has 1 aromatic rings. The third-order valence-electron chi connectivity index (χ3n) is 2.80. The molecule has 0 amide bonds. The largest absolute Gasteiger partial charge is 0.478 e. The number of carbonyl (C=O) groups excluding carboxylic acids is 1. The molecule has 0 heterocycles. The van der Waals surface area contributed by atoms with Crippen LogP contribution in [0, 0.1) is 5.92 Å². The molecular weight excluding hydrogens is 256 g/mol. The molecule has 2 atom stereocenters. The molecule has 1 rings (SSSR count). The predicted molar refractivity (Wildman–Crippen MR) is 68.2 cm³/mol. The van der Waals surface area contributed by atoms with E-state index in [9.17, 15) is 14.7 Å². The monoisotopic (exact) mass is 270 g/mol. The average Bonchev–Trinajstić information content (AvgIpc) is 2.39. The Hall–Kier alpha value is -1.39. The highest BCUT2D eigenvalue weighted by Crippen LogP contribution is 2.17. The van der Waals surface area contributed by atoms with E-state index >= 15 is 0 Å². The lowest BCUT2D eigenvalue weighted by Crippen LogP contribution is -2.29. The van der Waals surface area contributed by atoms with Crippen LogP contribution < -0.4 is 0 Å². The summed E-state index contributed by atoms with van der Waals surface area (Å²) in [7, 11) is 0. The van der Waals surface area contributed by atoms with Gasteiger partial charge in [-0.15, -0.1) is 11.6 Å². The minimum Gasteiger partial charge on any atom is -0.478 e. The molecule has 0 radical (unpaired) electrons. The maximum Gasteiger partial charge on any atom is 0.335 e. The van der Waals surface area contributed by atoms with Crippen LogP contribution in [0.3, 0.4) is 0 Å². The molecule has 4 nitrogen and oxygen atoms in total. The zero-order valence-corrected chi connectivity index (χ0v) is 10.7. The number of aliphatic hydroxyl groups is 1. The molecular formula is C13H15ClO4. The molecule has 0 saturated heterocycles. The van der Waals surface area contributed by atoms with Gasteiger partial charge in [0.25, 0.3) is 0 Å². The van der Waals surface area contributed by atoms with Crippen LogP contribution in [-0.2, 0) is 0 Å². The first kappa shape index (κ1) is 14.7. The molecule has 0 aliphatic carbocycles. The summed E-state index contributed by atoms with van der Waals surface area (Å²) in [6, 6.07) is 5.60. The smallest absolute Gasteiger partial charge is 0.335 e. The van der Waals surface area contributed by atoms with Gasteiger partial charge in [0.2, 0.25) is 0 Å². The molecule has 1 aromatic carbocycles. The number of hydrogen-bond acceptors (Lipinski definition) is 3. The van der Waals surface area contributed by atoms with Crippen molar-refractivity contribution in [2.75, 3.05) is 5.88 Å². The highest BCUT2D eigenvalue weighted by Gasteiger charge is 2.25. The maximum absolute atomic E-state index is 12.1. The van der Waals surface area contributed by atoms with Crippen LogP contribution in [0.25, 0.3) is 0 Å². The fourth-order valence-corrected chi connectivity index (χ4v) is 1.97. The third kappa shape index (κ3) is 3.31. The van der Waals surface area contributed by atoms with E-state index in [-0.39, 0.29) is 17.2 Å². The summed E-state index contributed by atoms with van der Waals surface area (Å²) in [5, 5.41) is 18.4. The Labute approximate surface area is 110 Å². The summed E-state index contributed by atoms with van der Waals surface area (Å²) in [6.45, 7) is 1.77. The Morgan fingerprint density at radius 2 is 1.72 bits per heavy atom. The second-order valence-electron chi connectivity index (χ2n) is 3.98. The van der Waals surface area contributed by atoms with Crippen molar-refractivity contribution in [1.82, 2.24) is 0 Å². The quantitative estimate of drug-likeness (QED) is 0.614. The normalized spacial score (nSPS) is 13.9. The number of halogens is 1. The Balaban J connectivity index is 2.92. The molecule has 18 heavy (non-hydrogen) atoms. The van der Waals surface area contributed by atoms with E-state index < -0.39 is 18.0 Å². The van der Waals surface area contributed by atoms with Gasteiger partial charge in [0.05, 0.1) is 17.6 Å². The van der Waals surface area contributed by atoms with Gasteiger partial charge in [0, 0.05) is 11.4 Å². The van der Waals surface area contributed by atoms with E-state index in [1.165, 1.54) is 24.3 Å². The lowest BCUT2D eigenvalue weighted by Gasteiger charge is -2.18. The molecule has 0 aromatic heterocycles. The molecule has 2 N–H and O–H groups in total. The maximum atomic E-state index is 12.1. The number of alkyl halides is 1. The second kappa shape index (κ2) is 6.52. The van der Waals surface area contributed by atoms with Crippen LogP contribution in [0.15, 0.2) is 24.3 Å². The average molecular weight is 271 g/mol. The van der Waals surface area contributed by atoms with E-state index in [1.54, 1.807) is 6.92 Å². The summed E-state index contributed by atoms with van der Waals surface area (Å²) < 4.78 is 0. The molecule has 0 spiro atoms. The third-order valence-corrected chi connectivity index (χ3v) is 3.13. The van der Waals surface area contributed by atoms with Gasteiger partial charge in [-0.05, 0) is 18.6 Å². The van der Waals surface area contributed by atoms with Crippen LogP contribution in [0.4, 0.5) is 0 Å². The van der Waals surface area contributed by atoms with Crippen molar-refractivity contribution >= 4 is 23.4 Å². The predicted octanol–water partition coefficient (Wildman–Crippen LogP) is 2.19. The second-order valence-corrected chi connectivity index (χ2v) is 4.29. The standard InChI is InChI=1S/C13H15ClO4/c1-2-11(15)10(7-14)12(16)8-3-5-9(6-4-8)13(17)18/h3-6,10-11,15H,2,7H2,1H3,(H,17,18). The lowest BCUT2D eigenvalue weighted by atomic mass is 9.92. The summed E-state index contributed by atoms with van der Waals surface area (Å²) in [5.74, 6) is -1.94. The molecule has 0 fully saturated rings. The minimum atomic E-state index is -1.04. The number of carboxylic acid groups (broad SMARTS) is 1. The fourth-order valence-electron chi connectivity index (χ4n) is 1.62. The number of carboxylic acids is 1. The van der Waals surface area contributed by atoms with Crippen molar-refractivity contribution in [3.8, 4) is 0 Å². The SMILES string of the molecule is CCC(O)C(CCl)C(=O)c1ccc(C(=O)O)cc1. The molecule has 0 aliphatic rings. The van der Waals surface area contributed by atoms with Crippen molar-refractivity contribution in [3.63, 3.8) is 0 Å². The number of aliphatic hydroxyl groups excluding tert-OH is 1. The van der Waals surface area contributed by atoms with Crippen molar-refractivity contribution in [2.45, 2.75) is 19.4 Å². The van der Waals surface area contributed by atoms with Gasteiger partial charge in [0.15, 0.2) is 5.78 Å². The Morgan fingerprint density at radius 1 is 1.22 bits per heavy atom. The Bertz CT molecular complexity index is 427. The molecule has 0 bridgehead atoms. The van der Waals surface area contributed by atoms with Gasteiger partial charge in [0.1, 0.15) is 0 Å². The van der Waals surface area contributed by atoms with Crippen LogP contribution in [0.5, 0.6) is 0 Å². The van der Waals surface area contributed by atoms with Crippen LogP contribution in [0.2, 0.25) is 0 Å². The van der Waals surface area contributed by atoms with Gasteiger partial charge in [-0.3, -0.25) is 4.79 Å². The molecule has 98 valence electrons. The number of aromatic carboxylic acids is 1. The van der Waals surface area contributed by atoms with E-state index in [2.05, 4.69) is 0 Å². The Kier molecular flexibility index (Phi) is 5.31. The number of ketones is 1. The zero-order valence-electron chi connectivity index (χ0n) is 9.97. The van der Waals surface area contributed by atoms with Gasteiger partial charge >= 0.3 is 5.97 Å². The van der Waals surface area contributed by atoms with Gasteiger partial charge < -0.3 is 10.2 Å². The molecule has 2 unspecified atom stereocenters. The summed E-state index contributed by atoms with van der Waals surface area (Å²) in [5.41, 5.74) is 0.475. The number of hydrogen-bond donors (Lipinski definition) is 2. The van der Waals surface area contributed by atoms with Crippen molar-refractivity contribution in [2.24, 2.45) is 5.92 Å². The van der Waals surface area contributed by atoms with Crippen LogP contribution in [-0.4, -0.2) is 33.9 Å². The Morgan fingerprint density at radius 3 is 2.11 bits per heavy atom. The van der Waals surface area contributed by atoms with E-state index in [0.717, 1.165) is 0 Å². The number of benzene rings is 1. The van der Waals surface area contributed by atoms with Crippen LogP contribution in [0.1, 0.15) is 34.1 Å². The van der Waals surface area contributed by atoms with Crippen LogP contribution >= 0.6 is 11.6 Å². The van der Waals surface area contributed by atoms with Crippen molar-refractivity contribution < 1.29 is 19.8 Å². The number of Topliss-reactive ketones (excluding diaryl/α,β-unsaturated/α-hetero) is 1. The van der Waals surface area contributed by atoms with Crippen molar-refractivity contribution in [1.29, 1.82) is 0 Å². The van der Waals surface area contributed by atoms with E-state index in [0.29, 0.717) is 12.0 Å². The number of rotatable bonds is 6. The highest BCUT2D eigenvalue weighted by molar-refractivity contribution is 6.20. The highest BCUT2D eigenvalue weighted by atomic mass is 35.5. The first-order valence-corrected chi connectivity index (χ1v) is 6.16. The zero-order chi connectivity index (χ0) is 13.7. The molecule has 0 aliphatic heterocycles. The van der Waals surface area contributed by atoms with Gasteiger partial charge in [-0.25, -0.2) is 4.79 Å². The topological polar surface area (TPSA) is 74.6 Å². The first-order valence-electron chi connectivity index (χ1n) is 5.62. The van der Waals surface area contributed by atoms with E-state index in [4.69, 9.17) is 16.7 Å². The van der Waals surface area contributed by atoms with Gasteiger partial charge in [-0.1, -0.05) is 19.1 Å². The molecule has 0 saturated carbocycles. The fraction of sp³-hybridized carbons (Fsp3) is 0.385. The lowest BCUT2D eigenvalue weighted by molar-refractivity contribution is 0.0688. The summed E-state index contributed by atoms with van der Waals surface area (Å²) in [6.07, 6.45) is -0.342. The summed E-state index contributed by atoms with van der Waals surface area (Å²) in [4.78, 5) is 22.7. The van der Waals surface area contributed by atoms with Crippen molar-refractivity contribution in [3.05, 3.63) is 35.4 Å². The first-order chi connectivity index (χ1) is 8.51. The van der Waals surface area contributed by atoms with Gasteiger partial charge in [-0.2, -0.15) is 0 Å².